The first-order valence-corrected chi connectivity index (χ1v) is 11.4. The number of hydrogen-bond donors (Lipinski definition) is 2. The van der Waals surface area contributed by atoms with Crippen LogP contribution in [0.4, 0.5) is 5.69 Å². The number of benzene rings is 2. The molecule has 2 aromatic rings. The topological polar surface area (TPSA) is 75.3 Å². The number of sulfonamides is 1. The lowest BCUT2D eigenvalue weighted by Gasteiger charge is -2.23. The highest BCUT2D eigenvalue weighted by Crippen LogP contribution is 2.23. The van der Waals surface area contributed by atoms with Crippen molar-refractivity contribution in [3.63, 3.8) is 0 Å². The van der Waals surface area contributed by atoms with Gasteiger partial charge in [0.1, 0.15) is 0 Å². The summed E-state index contributed by atoms with van der Waals surface area (Å²) in [4.78, 5) is 12.9. The number of nitrogens with one attached hydrogen (secondary N) is 2. The molecule has 0 atom stereocenters. The summed E-state index contributed by atoms with van der Waals surface area (Å²) in [6.07, 6.45) is 5.39. The molecule has 0 aromatic heterocycles. The lowest BCUT2D eigenvalue weighted by molar-refractivity contribution is 0.0928. The second-order valence-corrected chi connectivity index (χ2v) is 9.37. The van der Waals surface area contributed by atoms with Crippen molar-refractivity contribution in [3.8, 4) is 0 Å². The van der Waals surface area contributed by atoms with E-state index >= 15 is 0 Å². The summed E-state index contributed by atoms with van der Waals surface area (Å²) in [5.41, 5.74) is 1.71. The average Bonchev–Trinajstić information content (AvgIpc) is 2.69. The molecule has 1 aliphatic carbocycles. The van der Waals surface area contributed by atoms with Crippen molar-refractivity contribution in [1.29, 1.82) is 0 Å². The van der Waals surface area contributed by atoms with Crippen LogP contribution in [-0.4, -0.2) is 20.4 Å². The monoisotopic (exact) mass is 400 g/mol. The Labute approximate surface area is 167 Å². The minimum absolute atomic E-state index is 0.162. The summed E-state index contributed by atoms with van der Waals surface area (Å²) in [7, 11) is -3.77. The van der Waals surface area contributed by atoms with Crippen molar-refractivity contribution in [1.82, 2.24) is 5.32 Å². The van der Waals surface area contributed by atoms with Crippen LogP contribution in [0.3, 0.4) is 0 Å². The number of para-hydroxylation sites is 1. The van der Waals surface area contributed by atoms with Gasteiger partial charge in [0, 0.05) is 6.04 Å². The van der Waals surface area contributed by atoms with E-state index in [4.69, 9.17) is 0 Å². The van der Waals surface area contributed by atoms with Crippen LogP contribution in [-0.2, 0) is 10.0 Å². The molecule has 0 bridgehead atoms. The third-order valence-electron chi connectivity index (χ3n) is 5.21. The Morgan fingerprint density at radius 1 is 0.964 bits per heavy atom. The van der Waals surface area contributed by atoms with Gasteiger partial charge in [0.05, 0.1) is 16.1 Å². The summed E-state index contributed by atoms with van der Waals surface area (Å²) in [5, 5.41) is 3.05. The van der Waals surface area contributed by atoms with E-state index in [-0.39, 0.29) is 16.8 Å². The van der Waals surface area contributed by atoms with Crippen LogP contribution in [0.2, 0.25) is 0 Å². The zero-order valence-electron chi connectivity index (χ0n) is 16.4. The smallest absolute Gasteiger partial charge is 0.261 e. The Hall–Kier alpha value is -2.34. The molecule has 0 radical (unpaired) electrons. The quantitative estimate of drug-likeness (QED) is 0.740. The molecule has 2 aromatic carbocycles. The van der Waals surface area contributed by atoms with Gasteiger partial charge in [0.25, 0.3) is 15.9 Å². The molecule has 0 saturated heterocycles. The molecular weight excluding hydrogens is 372 g/mol. The molecule has 1 fully saturated rings. The van der Waals surface area contributed by atoms with E-state index in [0.29, 0.717) is 17.2 Å². The average molecular weight is 401 g/mol. The highest BCUT2D eigenvalue weighted by Gasteiger charge is 2.21. The van der Waals surface area contributed by atoms with E-state index in [1.165, 1.54) is 6.42 Å². The third kappa shape index (κ3) is 4.93. The fourth-order valence-corrected chi connectivity index (χ4v) is 4.60. The van der Waals surface area contributed by atoms with Gasteiger partial charge in [0.2, 0.25) is 0 Å². The molecule has 5 nitrogen and oxygen atoms in total. The maximum absolute atomic E-state index is 12.8. The van der Waals surface area contributed by atoms with E-state index in [9.17, 15) is 13.2 Å². The van der Waals surface area contributed by atoms with Gasteiger partial charge in [-0.3, -0.25) is 9.52 Å². The number of carbonyl (C=O) groups excluding carboxylic acids is 1. The Bertz CT molecular complexity index is 915. The largest absolute Gasteiger partial charge is 0.349 e. The molecule has 1 amide bonds. The fraction of sp³-hybridized carbons (Fsp3) is 0.409. The fourth-order valence-electron chi connectivity index (χ4n) is 3.52. The van der Waals surface area contributed by atoms with E-state index in [2.05, 4.69) is 23.9 Å². The van der Waals surface area contributed by atoms with Gasteiger partial charge in [-0.25, -0.2) is 8.42 Å². The lowest BCUT2D eigenvalue weighted by atomic mass is 9.95. The van der Waals surface area contributed by atoms with Crippen molar-refractivity contribution in [2.75, 3.05) is 4.72 Å². The Balaban J connectivity index is 1.79. The summed E-state index contributed by atoms with van der Waals surface area (Å²) in [6, 6.07) is 13.7. The normalized spacial score (nSPS) is 15.4. The van der Waals surface area contributed by atoms with E-state index in [1.807, 2.05) is 12.1 Å². The number of amides is 1. The summed E-state index contributed by atoms with van der Waals surface area (Å²) >= 11 is 0. The Kier molecular flexibility index (Phi) is 6.39. The van der Waals surface area contributed by atoms with Crippen LogP contribution in [0.25, 0.3) is 0 Å². The zero-order valence-corrected chi connectivity index (χ0v) is 17.3. The maximum atomic E-state index is 12.8. The molecule has 0 unspecified atom stereocenters. The summed E-state index contributed by atoms with van der Waals surface area (Å²) in [5.74, 6) is 0.0919. The molecule has 6 heteroatoms. The van der Waals surface area contributed by atoms with E-state index in [0.717, 1.165) is 31.2 Å². The van der Waals surface area contributed by atoms with Crippen molar-refractivity contribution in [2.24, 2.45) is 0 Å². The Morgan fingerprint density at radius 2 is 1.61 bits per heavy atom. The Morgan fingerprint density at radius 3 is 2.25 bits per heavy atom. The highest BCUT2D eigenvalue weighted by atomic mass is 32.2. The zero-order chi connectivity index (χ0) is 20.1. The second-order valence-electron chi connectivity index (χ2n) is 7.68. The molecule has 0 spiro atoms. The van der Waals surface area contributed by atoms with Gasteiger partial charge in [0.15, 0.2) is 0 Å². The first kappa shape index (κ1) is 20.4. The molecule has 0 aliphatic heterocycles. The first-order valence-electron chi connectivity index (χ1n) is 9.89. The molecule has 28 heavy (non-hydrogen) atoms. The van der Waals surface area contributed by atoms with Gasteiger partial charge in [-0.15, -0.1) is 0 Å². The summed E-state index contributed by atoms with van der Waals surface area (Å²) < 4.78 is 28.2. The summed E-state index contributed by atoms with van der Waals surface area (Å²) in [6.45, 7) is 4.12. The van der Waals surface area contributed by atoms with Crippen molar-refractivity contribution in [2.45, 2.75) is 62.8 Å². The molecular formula is C22H28N2O3S. The van der Waals surface area contributed by atoms with Crippen LogP contribution < -0.4 is 10.0 Å². The van der Waals surface area contributed by atoms with Crippen LogP contribution in [0.15, 0.2) is 53.4 Å². The third-order valence-corrected chi connectivity index (χ3v) is 6.59. The number of carbonyl (C=O) groups is 1. The molecule has 3 rings (SSSR count). The van der Waals surface area contributed by atoms with Crippen molar-refractivity contribution in [3.05, 3.63) is 59.7 Å². The number of hydrogen-bond acceptors (Lipinski definition) is 3. The standard InChI is InChI=1S/C22H28N2O3S/c1-16(2)17-12-14-19(15-13-17)28(26,27)24-21-11-7-6-10-20(21)22(25)23-18-8-4-3-5-9-18/h6-7,10-16,18,24H,3-5,8-9H2,1-2H3,(H,23,25). The molecule has 1 aliphatic rings. The van der Waals surface area contributed by atoms with E-state index < -0.39 is 10.0 Å². The second kappa shape index (κ2) is 8.78. The highest BCUT2D eigenvalue weighted by molar-refractivity contribution is 7.92. The minimum Gasteiger partial charge on any atom is -0.349 e. The van der Waals surface area contributed by atoms with Crippen LogP contribution in [0.1, 0.15) is 67.8 Å². The number of rotatable bonds is 6. The van der Waals surface area contributed by atoms with Gasteiger partial charge in [-0.1, -0.05) is 57.4 Å². The van der Waals surface area contributed by atoms with Crippen LogP contribution in [0, 0.1) is 0 Å². The molecule has 150 valence electrons. The minimum atomic E-state index is -3.77. The SMILES string of the molecule is CC(C)c1ccc(S(=O)(=O)Nc2ccccc2C(=O)NC2CCCCC2)cc1. The first-order chi connectivity index (χ1) is 13.4. The molecule has 1 saturated carbocycles. The predicted molar refractivity (Wildman–Crippen MR) is 112 cm³/mol. The van der Waals surface area contributed by atoms with E-state index in [1.54, 1.807) is 36.4 Å². The van der Waals surface area contributed by atoms with Gasteiger partial charge >= 0.3 is 0 Å². The van der Waals surface area contributed by atoms with Gasteiger partial charge in [-0.05, 0) is 48.6 Å². The lowest BCUT2D eigenvalue weighted by Crippen LogP contribution is -2.36. The molecule has 2 N–H and O–H groups in total. The predicted octanol–water partition coefficient (Wildman–Crippen LogP) is 4.67. The van der Waals surface area contributed by atoms with Gasteiger partial charge in [-0.2, -0.15) is 0 Å². The van der Waals surface area contributed by atoms with Crippen molar-refractivity contribution < 1.29 is 13.2 Å². The van der Waals surface area contributed by atoms with Crippen LogP contribution in [0.5, 0.6) is 0 Å². The maximum Gasteiger partial charge on any atom is 0.261 e. The van der Waals surface area contributed by atoms with Crippen molar-refractivity contribution >= 4 is 21.6 Å². The number of anilines is 1. The molecule has 0 heterocycles. The van der Waals surface area contributed by atoms with Crippen LogP contribution >= 0.6 is 0 Å². The van der Waals surface area contributed by atoms with Gasteiger partial charge < -0.3 is 5.32 Å².